The number of hydrogen-bond acceptors (Lipinski definition) is 2. The molecule has 2 aromatic carbocycles. The van der Waals surface area contributed by atoms with Crippen LogP contribution in [0.15, 0.2) is 67.1 Å². The van der Waals surface area contributed by atoms with Crippen molar-refractivity contribution in [2.75, 3.05) is 0 Å². The van der Waals surface area contributed by atoms with Gasteiger partial charge >= 0.3 is 0 Å². The number of fused-ring (bicyclic) bond motifs is 2. The fourth-order valence-electron chi connectivity index (χ4n) is 3.68. The smallest absolute Gasteiger partial charge is 0.137 e. The topological polar surface area (TPSA) is 41.6 Å². The Kier molecular flexibility index (Phi) is 4.09. The standard InChI is InChI=1S/C24H17F2N3/c1-14-4-7-21(25)20(23(14)26)10-18-13-29-24-19(18)9-17(12-28-24)16-6-5-15-3-2-8-27-22(15)11-16/h2-9,11-13H,10H2,1H3,(H,28,29). The Bertz CT molecular complexity index is 1370. The van der Waals surface area contributed by atoms with Gasteiger partial charge in [0.05, 0.1) is 5.52 Å². The Morgan fingerprint density at radius 3 is 2.76 bits per heavy atom. The molecule has 142 valence electrons. The summed E-state index contributed by atoms with van der Waals surface area (Å²) in [6, 6.07) is 14.8. The summed E-state index contributed by atoms with van der Waals surface area (Å²) in [5.74, 6) is -1.03. The maximum Gasteiger partial charge on any atom is 0.137 e. The molecule has 0 bridgehead atoms. The molecule has 3 aromatic heterocycles. The van der Waals surface area contributed by atoms with Crippen molar-refractivity contribution in [3.8, 4) is 11.1 Å². The molecule has 0 aliphatic rings. The molecule has 5 rings (SSSR count). The van der Waals surface area contributed by atoms with Crippen LogP contribution in [0.5, 0.6) is 0 Å². The highest BCUT2D eigenvalue weighted by Crippen LogP contribution is 2.29. The van der Waals surface area contributed by atoms with Crippen molar-refractivity contribution in [2.24, 2.45) is 0 Å². The second kappa shape index (κ2) is 6.78. The van der Waals surface area contributed by atoms with Gasteiger partial charge in [0.25, 0.3) is 0 Å². The van der Waals surface area contributed by atoms with Gasteiger partial charge in [-0.3, -0.25) is 4.98 Å². The van der Waals surface area contributed by atoms with E-state index in [-0.39, 0.29) is 12.0 Å². The van der Waals surface area contributed by atoms with E-state index in [1.807, 2.05) is 36.4 Å². The lowest BCUT2D eigenvalue weighted by atomic mass is 9.99. The number of nitrogens with zero attached hydrogens (tertiary/aromatic N) is 2. The summed E-state index contributed by atoms with van der Waals surface area (Å²) in [4.78, 5) is 12.0. The third kappa shape index (κ3) is 3.05. The van der Waals surface area contributed by atoms with Crippen molar-refractivity contribution in [1.82, 2.24) is 15.0 Å². The van der Waals surface area contributed by atoms with E-state index in [4.69, 9.17) is 0 Å². The fraction of sp³-hybridized carbons (Fsp3) is 0.0833. The molecule has 3 nitrogen and oxygen atoms in total. The molecule has 0 unspecified atom stereocenters. The maximum atomic E-state index is 14.5. The number of nitrogens with one attached hydrogen (secondary N) is 1. The molecule has 0 amide bonds. The van der Waals surface area contributed by atoms with Gasteiger partial charge in [-0.2, -0.15) is 0 Å². The number of halogens is 2. The van der Waals surface area contributed by atoms with E-state index in [0.29, 0.717) is 11.2 Å². The van der Waals surface area contributed by atoms with Gasteiger partial charge in [-0.05, 0) is 47.9 Å². The third-order valence-electron chi connectivity index (χ3n) is 5.30. The van der Waals surface area contributed by atoms with Crippen molar-refractivity contribution >= 4 is 21.9 Å². The van der Waals surface area contributed by atoms with Crippen LogP contribution in [-0.2, 0) is 6.42 Å². The van der Waals surface area contributed by atoms with Crippen LogP contribution in [0.4, 0.5) is 8.78 Å². The number of aromatic amines is 1. The molecule has 0 aliphatic carbocycles. The highest BCUT2D eigenvalue weighted by atomic mass is 19.1. The predicted octanol–water partition coefficient (Wildman–Crippen LogP) is 5.96. The summed E-state index contributed by atoms with van der Waals surface area (Å²) in [6.45, 7) is 1.64. The molecule has 3 heterocycles. The summed E-state index contributed by atoms with van der Waals surface area (Å²) in [5, 5.41) is 1.92. The second-order valence-electron chi connectivity index (χ2n) is 7.18. The third-order valence-corrected chi connectivity index (χ3v) is 5.30. The van der Waals surface area contributed by atoms with Crippen molar-refractivity contribution < 1.29 is 8.78 Å². The van der Waals surface area contributed by atoms with Gasteiger partial charge in [-0.1, -0.05) is 24.3 Å². The number of aryl methyl sites for hydroxylation is 1. The van der Waals surface area contributed by atoms with Crippen LogP contribution in [-0.4, -0.2) is 15.0 Å². The van der Waals surface area contributed by atoms with Crippen LogP contribution < -0.4 is 0 Å². The maximum absolute atomic E-state index is 14.5. The Balaban J connectivity index is 1.59. The number of H-pyrrole nitrogens is 1. The molecule has 5 aromatic rings. The van der Waals surface area contributed by atoms with E-state index >= 15 is 0 Å². The first-order valence-corrected chi connectivity index (χ1v) is 9.35. The van der Waals surface area contributed by atoms with Gasteiger partial charge < -0.3 is 4.98 Å². The number of aromatic nitrogens is 3. The average molecular weight is 385 g/mol. The van der Waals surface area contributed by atoms with E-state index < -0.39 is 11.6 Å². The summed E-state index contributed by atoms with van der Waals surface area (Å²) in [6.07, 6.45) is 5.48. The van der Waals surface area contributed by atoms with E-state index in [0.717, 1.165) is 33.0 Å². The van der Waals surface area contributed by atoms with E-state index in [1.165, 1.54) is 12.1 Å². The number of hydrogen-bond donors (Lipinski definition) is 1. The van der Waals surface area contributed by atoms with Crippen molar-refractivity contribution in [3.63, 3.8) is 0 Å². The first-order valence-electron chi connectivity index (χ1n) is 9.35. The molecular weight excluding hydrogens is 368 g/mol. The summed E-state index contributed by atoms with van der Waals surface area (Å²) in [5.41, 5.74) is 4.83. The van der Waals surface area contributed by atoms with Crippen molar-refractivity contribution in [2.45, 2.75) is 13.3 Å². The molecule has 0 saturated heterocycles. The van der Waals surface area contributed by atoms with Crippen LogP contribution >= 0.6 is 0 Å². The van der Waals surface area contributed by atoms with Gasteiger partial charge in [-0.15, -0.1) is 0 Å². The average Bonchev–Trinajstić information content (AvgIpc) is 3.15. The molecule has 0 fully saturated rings. The highest BCUT2D eigenvalue weighted by Gasteiger charge is 2.15. The zero-order valence-corrected chi connectivity index (χ0v) is 15.7. The van der Waals surface area contributed by atoms with Crippen LogP contribution in [0.25, 0.3) is 33.1 Å². The molecule has 0 saturated carbocycles. The van der Waals surface area contributed by atoms with Crippen molar-refractivity contribution in [3.05, 3.63) is 95.4 Å². The van der Waals surface area contributed by atoms with E-state index in [1.54, 1.807) is 25.5 Å². The Labute approximate surface area is 166 Å². The largest absolute Gasteiger partial charge is 0.346 e. The minimum absolute atomic E-state index is 0.0752. The lowest BCUT2D eigenvalue weighted by Gasteiger charge is -2.08. The molecule has 0 spiro atoms. The first kappa shape index (κ1) is 17.5. The van der Waals surface area contributed by atoms with Crippen LogP contribution in [0, 0.1) is 18.6 Å². The molecular formula is C24H17F2N3. The lowest BCUT2D eigenvalue weighted by Crippen LogP contribution is -1.99. The molecule has 0 aliphatic heterocycles. The van der Waals surface area contributed by atoms with E-state index in [9.17, 15) is 8.78 Å². The van der Waals surface area contributed by atoms with Gasteiger partial charge in [-0.25, -0.2) is 13.8 Å². The van der Waals surface area contributed by atoms with Crippen LogP contribution in [0.1, 0.15) is 16.7 Å². The van der Waals surface area contributed by atoms with Crippen molar-refractivity contribution in [1.29, 1.82) is 0 Å². The zero-order chi connectivity index (χ0) is 20.0. The minimum atomic E-state index is -0.535. The summed E-state index contributed by atoms with van der Waals surface area (Å²) < 4.78 is 28.7. The molecule has 5 heteroatoms. The van der Waals surface area contributed by atoms with Gasteiger partial charge in [0.15, 0.2) is 0 Å². The number of rotatable bonds is 3. The number of benzene rings is 2. The Morgan fingerprint density at radius 2 is 1.86 bits per heavy atom. The van der Waals surface area contributed by atoms with Gasteiger partial charge in [0.1, 0.15) is 17.3 Å². The molecule has 29 heavy (non-hydrogen) atoms. The summed E-state index contributed by atoms with van der Waals surface area (Å²) in [7, 11) is 0. The first-order chi connectivity index (χ1) is 14.1. The van der Waals surface area contributed by atoms with Gasteiger partial charge in [0, 0.05) is 46.9 Å². The monoisotopic (exact) mass is 385 g/mol. The number of pyridine rings is 2. The zero-order valence-electron chi connectivity index (χ0n) is 15.7. The quantitative estimate of drug-likeness (QED) is 0.417. The fourth-order valence-corrected chi connectivity index (χ4v) is 3.68. The lowest BCUT2D eigenvalue weighted by molar-refractivity contribution is 0.556. The predicted molar refractivity (Wildman–Crippen MR) is 111 cm³/mol. The van der Waals surface area contributed by atoms with E-state index in [2.05, 4.69) is 15.0 Å². The van der Waals surface area contributed by atoms with Crippen LogP contribution in [0.2, 0.25) is 0 Å². The molecule has 1 N–H and O–H groups in total. The molecule has 0 atom stereocenters. The van der Waals surface area contributed by atoms with Crippen LogP contribution in [0.3, 0.4) is 0 Å². The summed E-state index contributed by atoms with van der Waals surface area (Å²) >= 11 is 0. The second-order valence-corrected chi connectivity index (χ2v) is 7.18. The minimum Gasteiger partial charge on any atom is -0.346 e. The normalized spacial score (nSPS) is 11.4. The SMILES string of the molecule is Cc1ccc(F)c(Cc2c[nH]c3ncc(-c4ccc5cccnc5c4)cc23)c1F. The highest BCUT2D eigenvalue weighted by molar-refractivity contribution is 5.88. The Morgan fingerprint density at radius 1 is 0.966 bits per heavy atom. The van der Waals surface area contributed by atoms with Gasteiger partial charge in [0.2, 0.25) is 0 Å². The Hall–Kier alpha value is -3.60. The molecule has 0 radical (unpaired) electrons.